The summed E-state index contributed by atoms with van der Waals surface area (Å²) < 4.78 is 35.6. The van der Waals surface area contributed by atoms with Crippen molar-refractivity contribution >= 4 is 23.7 Å². The van der Waals surface area contributed by atoms with E-state index in [1.54, 1.807) is 6.07 Å². The van der Waals surface area contributed by atoms with Gasteiger partial charge in [-0.15, -0.1) is 0 Å². The lowest BCUT2D eigenvalue weighted by molar-refractivity contribution is -0.136. The minimum Gasteiger partial charge on any atom is -0.493 e. The fraction of sp³-hybridized carbons (Fsp3) is 0.367. The van der Waals surface area contributed by atoms with Gasteiger partial charge in [-0.3, -0.25) is 4.79 Å². The summed E-state index contributed by atoms with van der Waals surface area (Å²) in [7, 11) is 0. The molecule has 3 N–H and O–H groups in total. The van der Waals surface area contributed by atoms with Gasteiger partial charge in [0.15, 0.2) is 0 Å². The Hall–Kier alpha value is -3.23. The summed E-state index contributed by atoms with van der Waals surface area (Å²) in [5.74, 6) is 0.702. The van der Waals surface area contributed by atoms with Crippen molar-refractivity contribution in [3.63, 3.8) is 0 Å². The second kappa shape index (κ2) is 13.0. The Labute approximate surface area is 227 Å². The lowest BCUT2D eigenvalue weighted by Gasteiger charge is -2.29. The zero-order valence-corrected chi connectivity index (χ0v) is 22.7. The molecule has 0 saturated heterocycles. The molecule has 38 heavy (non-hydrogen) atoms. The van der Waals surface area contributed by atoms with Crippen molar-refractivity contribution in [3.8, 4) is 22.6 Å². The molecule has 3 aromatic carbocycles. The Balaban J connectivity index is 1.57. The average Bonchev–Trinajstić information content (AvgIpc) is 2.93. The molecule has 0 spiro atoms. The number of ether oxygens (including phenoxy) is 2. The first-order valence-electron chi connectivity index (χ1n) is 13.1. The van der Waals surface area contributed by atoms with Gasteiger partial charge in [-0.25, -0.2) is 4.39 Å². The molecule has 1 heterocycles. The standard InChI is InChI=1S/C30H34FNO5S/c1-3-19-14-24(36-11-6-12-38-35)15-20(4-2)30(19)23-8-5-7-22(13-23)27-18-37-28-16-21(9-10-29(33)34)25(31)17-26(28)32-27/h5,7-8,13-17,27,32,35H,3-4,6,9-12,18H2,1-2H3,(H,33,34)/p+1. The number of nitrogens with one attached hydrogen (secondary N) is 1. The number of anilines is 1. The predicted molar refractivity (Wildman–Crippen MR) is 151 cm³/mol. The van der Waals surface area contributed by atoms with Crippen molar-refractivity contribution in [2.75, 3.05) is 24.3 Å². The molecule has 1 unspecified atom stereocenters. The van der Waals surface area contributed by atoms with E-state index < -0.39 is 11.8 Å². The molecule has 0 aliphatic carbocycles. The molecule has 1 aliphatic heterocycles. The third kappa shape index (κ3) is 6.60. The maximum absolute atomic E-state index is 14.6. The highest BCUT2D eigenvalue weighted by Gasteiger charge is 2.23. The topological polar surface area (TPSA) is 88.0 Å². The molecular formula is C30H35FNO5S+. The number of carbonyl (C=O) groups is 1. The zero-order chi connectivity index (χ0) is 27.1. The zero-order valence-electron chi connectivity index (χ0n) is 21.8. The van der Waals surface area contributed by atoms with Crippen LogP contribution < -0.4 is 14.8 Å². The number of rotatable bonds is 12. The molecule has 1 atom stereocenters. The van der Waals surface area contributed by atoms with Crippen LogP contribution in [0.5, 0.6) is 11.5 Å². The molecule has 0 saturated carbocycles. The summed E-state index contributed by atoms with van der Waals surface area (Å²) in [5, 5.41) is 12.3. The van der Waals surface area contributed by atoms with Gasteiger partial charge in [0, 0.05) is 18.9 Å². The van der Waals surface area contributed by atoms with Crippen LogP contribution in [-0.2, 0) is 36.1 Å². The van der Waals surface area contributed by atoms with Crippen LogP contribution in [0.3, 0.4) is 0 Å². The second-order valence-electron chi connectivity index (χ2n) is 9.36. The van der Waals surface area contributed by atoms with Crippen LogP contribution in [0, 0.1) is 5.82 Å². The summed E-state index contributed by atoms with van der Waals surface area (Å²) in [5.41, 5.74) is 6.70. The Kier molecular flexibility index (Phi) is 9.53. The van der Waals surface area contributed by atoms with Crippen LogP contribution >= 0.6 is 0 Å². The number of carboxylic acid groups (broad SMARTS) is 1. The van der Waals surface area contributed by atoms with E-state index in [9.17, 15) is 9.18 Å². The number of hydrogen-bond acceptors (Lipinski definition) is 5. The summed E-state index contributed by atoms with van der Waals surface area (Å²) >= 11 is 0.394. The van der Waals surface area contributed by atoms with Gasteiger partial charge in [-0.1, -0.05) is 32.0 Å². The number of aliphatic carboxylic acids is 1. The van der Waals surface area contributed by atoms with Crippen molar-refractivity contribution < 1.29 is 28.3 Å². The Bertz CT molecular complexity index is 1260. The molecule has 202 valence electrons. The van der Waals surface area contributed by atoms with Gasteiger partial charge < -0.3 is 19.9 Å². The van der Waals surface area contributed by atoms with Crippen LogP contribution in [0.2, 0.25) is 0 Å². The molecule has 0 bridgehead atoms. The molecule has 1 aliphatic rings. The number of hydrogen-bond donors (Lipinski definition) is 3. The van der Waals surface area contributed by atoms with Crippen molar-refractivity contribution in [3.05, 3.63) is 76.6 Å². The predicted octanol–water partition coefficient (Wildman–Crippen LogP) is 6.24. The largest absolute Gasteiger partial charge is 0.493 e. The number of aryl methyl sites for hydroxylation is 3. The van der Waals surface area contributed by atoms with E-state index >= 15 is 0 Å². The van der Waals surface area contributed by atoms with Crippen molar-refractivity contribution in [1.82, 2.24) is 0 Å². The first-order chi connectivity index (χ1) is 18.4. The monoisotopic (exact) mass is 540 g/mol. The number of thiol groups is 1. The first kappa shape index (κ1) is 27.8. The third-order valence-corrected chi connectivity index (χ3v) is 7.29. The highest BCUT2D eigenvalue weighted by atomic mass is 32.2. The van der Waals surface area contributed by atoms with Crippen LogP contribution in [0.25, 0.3) is 11.1 Å². The molecule has 0 radical (unpaired) electrons. The van der Waals surface area contributed by atoms with Crippen LogP contribution in [-0.4, -0.2) is 34.6 Å². The van der Waals surface area contributed by atoms with Crippen LogP contribution in [0.15, 0.2) is 48.5 Å². The number of halogens is 1. The van der Waals surface area contributed by atoms with Gasteiger partial charge in [0.05, 0.1) is 18.3 Å². The van der Waals surface area contributed by atoms with Gasteiger partial charge >= 0.3 is 5.97 Å². The summed E-state index contributed by atoms with van der Waals surface area (Å²) in [4.78, 5) is 10.9. The maximum atomic E-state index is 14.6. The van der Waals surface area contributed by atoms with Crippen molar-refractivity contribution in [2.45, 2.75) is 52.0 Å². The van der Waals surface area contributed by atoms with Gasteiger partial charge in [0.1, 0.15) is 41.7 Å². The highest BCUT2D eigenvalue weighted by Crippen LogP contribution is 2.38. The highest BCUT2D eigenvalue weighted by molar-refractivity contribution is 7.72. The number of fused-ring (bicyclic) bond motifs is 1. The fourth-order valence-corrected chi connectivity index (χ4v) is 5.10. The molecule has 8 heteroatoms. The lowest BCUT2D eigenvalue weighted by atomic mass is 9.89. The van der Waals surface area contributed by atoms with Gasteiger partial charge in [0.2, 0.25) is 0 Å². The Morgan fingerprint density at radius 3 is 2.58 bits per heavy atom. The molecule has 0 fully saturated rings. The van der Waals surface area contributed by atoms with E-state index in [1.165, 1.54) is 22.8 Å². The molecule has 6 nitrogen and oxygen atoms in total. The minimum atomic E-state index is -0.960. The fourth-order valence-electron chi connectivity index (χ4n) is 4.83. The number of carboxylic acids is 1. The third-order valence-electron chi connectivity index (χ3n) is 6.78. The maximum Gasteiger partial charge on any atom is 0.303 e. The van der Waals surface area contributed by atoms with E-state index in [0.29, 0.717) is 48.0 Å². The quantitative estimate of drug-likeness (QED) is 0.143. The van der Waals surface area contributed by atoms with Gasteiger partial charge in [-0.05, 0) is 76.9 Å². The molecule has 0 amide bonds. The van der Waals surface area contributed by atoms with Crippen LogP contribution in [0.4, 0.5) is 10.1 Å². The van der Waals surface area contributed by atoms with Gasteiger partial charge in [-0.2, -0.15) is 4.55 Å². The smallest absolute Gasteiger partial charge is 0.303 e. The summed E-state index contributed by atoms with van der Waals surface area (Å²) in [6.45, 7) is 5.24. The second-order valence-corrected chi connectivity index (χ2v) is 10.1. The Morgan fingerprint density at radius 1 is 1.13 bits per heavy atom. The molecular weight excluding hydrogens is 505 g/mol. The molecule has 3 aromatic rings. The van der Waals surface area contributed by atoms with E-state index in [4.69, 9.17) is 19.1 Å². The normalized spacial score (nSPS) is 14.4. The molecule has 0 aromatic heterocycles. The average molecular weight is 541 g/mol. The number of benzene rings is 3. The summed E-state index contributed by atoms with van der Waals surface area (Å²) in [6, 6.07) is 15.4. The SMILES string of the molecule is CCc1cc(OCCC[SH+]O)cc(CC)c1-c1cccc(C2COc3cc(CCC(=O)O)c(F)cc3N2)c1. The van der Waals surface area contributed by atoms with E-state index in [-0.39, 0.29) is 18.9 Å². The van der Waals surface area contributed by atoms with Crippen molar-refractivity contribution in [2.24, 2.45) is 0 Å². The minimum absolute atomic E-state index is 0.120. The van der Waals surface area contributed by atoms with E-state index in [1.807, 2.05) is 12.1 Å². The lowest BCUT2D eigenvalue weighted by Crippen LogP contribution is -2.24. The Morgan fingerprint density at radius 2 is 1.89 bits per heavy atom. The molecule has 4 rings (SSSR count). The van der Waals surface area contributed by atoms with Crippen molar-refractivity contribution in [1.29, 1.82) is 0 Å². The van der Waals surface area contributed by atoms with Gasteiger partial charge in [0.25, 0.3) is 0 Å². The first-order valence-corrected chi connectivity index (χ1v) is 14.1. The van der Waals surface area contributed by atoms with Crippen LogP contribution in [0.1, 0.15) is 55.0 Å². The summed E-state index contributed by atoms with van der Waals surface area (Å²) in [6.07, 6.45) is 2.52. The van der Waals surface area contributed by atoms with E-state index in [0.717, 1.165) is 36.1 Å². The van der Waals surface area contributed by atoms with E-state index in [2.05, 4.69) is 43.4 Å².